The van der Waals surface area contributed by atoms with Gasteiger partial charge in [0.1, 0.15) is 0 Å². The summed E-state index contributed by atoms with van der Waals surface area (Å²) in [7, 11) is 0. The minimum absolute atomic E-state index is 0.00841. The van der Waals surface area contributed by atoms with Gasteiger partial charge in [0.25, 0.3) is 5.56 Å². The van der Waals surface area contributed by atoms with Gasteiger partial charge in [-0.3, -0.25) is 19.0 Å². The Morgan fingerprint density at radius 3 is 2.52 bits per heavy atom. The van der Waals surface area contributed by atoms with Crippen molar-refractivity contribution in [3.8, 4) is 0 Å². The molecule has 0 aliphatic heterocycles. The maximum absolute atomic E-state index is 12.8. The molecule has 1 heterocycles. The Morgan fingerprint density at radius 2 is 1.85 bits per heavy atom. The zero-order valence-electron chi connectivity index (χ0n) is 18.7. The second-order valence-corrected chi connectivity index (χ2v) is 9.03. The van der Waals surface area contributed by atoms with E-state index in [-0.39, 0.29) is 36.2 Å². The summed E-state index contributed by atoms with van der Waals surface area (Å²) in [5.74, 6) is -0.672. The Bertz CT molecular complexity index is 1280. The standard InChI is InChI=1S/C24H25ClN4O3S/c1-5-8-29-23(32)18-7-6-17(25)11-19(18)27-24(29)33-13-21(31)26-12-20(30)28-22-15(3)9-14(2)10-16(22)4/h5-7,9-11H,1,8,12-13H2,2-4H3,(H,26,31)(H,28,30). The lowest BCUT2D eigenvalue weighted by molar-refractivity contribution is -0.122. The number of amides is 2. The van der Waals surface area contributed by atoms with Crippen LogP contribution in [0.4, 0.5) is 5.69 Å². The molecule has 0 fully saturated rings. The van der Waals surface area contributed by atoms with Gasteiger partial charge in [0, 0.05) is 17.3 Å². The topological polar surface area (TPSA) is 93.1 Å². The quantitative estimate of drug-likeness (QED) is 0.286. The summed E-state index contributed by atoms with van der Waals surface area (Å²) in [5, 5.41) is 6.74. The number of hydrogen-bond donors (Lipinski definition) is 2. The van der Waals surface area contributed by atoms with Gasteiger partial charge >= 0.3 is 0 Å². The maximum Gasteiger partial charge on any atom is 0.262 e. The van der Waals surface area contributed by atoms with Crippen LogP contribution in [0.3, 0.4) is 0 Å². The van der Waals surface area contributed by atoms with Crippen LogP contribution in [0.5, 0.6) is 0 Å². The van der Waals surface area contributed by atoms with Crippen LogP contribution in [-0.4, -0.2) is 33.7 Å². The number of carbonyl (C=O) groups is 2. The fourth-order valence-electron chi connectivity index (χ4n) is 3.49. The molecule has 2 amide bonds. The highest BCUT2D eigenvalue weighted by Crippen LogP contribution is 2.22. The minimum atomic E-state index is -0.349. The SMILES string of the molecule is C=CCn1c(SCC(=O)NCC(=O)Nc2c(C)cc(C)cc2C)nc2cc(Cl)ccc2c1=O. The number of halogens is 1. The summed E-state index contributed by atoms with van der Waals surface area (Å²) in [5.41, 5.74) is 4.02. The van der Waals surface area contributed by atoms with E-state index in [0.717, 1.165) is 34.1 Å². The van der Waals surface area contributed by atoms with Gasteiger partial charge in [-0.25, -0.2) is 4.98 Å². The molecule has 1 aromatic heterocycles. The fraction of sp³-hybridized carbons (Fsp3) is 0.250. The van der Waals surface area contributed by atoms with E-state index in [2.05, 4.69) is 22.2 Å². The first-order chi connectivity index (χ1) is 15.7. The molecule has 2 aromatic carbocycles. The van der Waals surface area contributed by atoms with E-state index >= 15 is 0 Å². The third-order valence-electron chi connectivity index (χ3n) is 4.91. The first-order valence-electron chi connectivity index (χ1n) is 10.3. The Kier molecular flexibility index (Phi) is 7.94. The first-order valence-corrected chi connectivity index (χ1v) is 11.6. The molecular formula is C24H25ClN4O3S. The molecule has 0 spiro atoms. The van der Waals surface area contributed by atoms with Crippen LogP contribution in [-0.2, 0) is 16.1 Å². The Balaban J connectivity index is 1.65. The predicted molar refractivity (Wildman–Crippen MR) is 134 cm³/mol. The molecule has 3 rings (SSSR count). The highest BCUT2D eigenvalue weighted by molar-refractivity contribution is 7.99. The summed E-state index contributed by atoms with van der Waals surface area (Å²) >= 11 is 7.14. The second kappa shape index (κ2) is 10.7. The van der Waals surface area contributed by atoms with Gasteiger partial charge in [-0.2, -0.15) is 0 Å². The summed E-state index contributed by atoms with van der Waals surface area (Å²) in [6, 6.07) is 8.86. The zero-order chi connectivity index (χ0) is 24.1. The Morgan fingerprint density at radius 1 is 1.15 bits per heavy atom. The van der Waals surface area contributed by atoms with Crippen LogP contribution in [0.2, 0.25) is 5.02 Å². The Labute approximate surface area is 201 Å². The molecule has 0 bridgehead atoms. The van der Waals surface area contributed by atoms with Gasteiger partial charge < -0.3 is 10.6 Å². The molecule has 0 radical (unpaired) electrons. The molecule has 172 valence electrons. The number of rotatable bonds is 8. The lowest BCUT2D eigenvalue weighted by Gasteiger charge is -2.13. The molecule has 0 aliphatic carbocycles. The fourth-order valence-corrected chi connectivity index (χ4v) is 4.50. The summed E-state index contributed by atoms with van der Waals surface area (Å²) < 4.78 is 1.46. The van der Waals surface area contributed by atoms with E-state index in [9.17, 15) is 14.4 Å². The summed E-state index contributed by atoms with van der Waals surface area (Å²) in [4.78, 5) is 42.0. The van der Waals surface area contributed by atoms with Crippen LogP contribution >= 0.6 is 23.4 Å². The van der Waals surface area contributed by atoms with Gasteiger partial charge in [0.05, 0.1) is 23.2 Å². The van der Waals surface area contributed by atoms with E-state index in [1.807, 2.05) is 32.9 Å². The first kappa shape index (κ1) is 24.5. The molecule has 0 atom stereocenters. The van der Waals surface area contributed by atoms with Crippen LogP contribution in [0.1, 0.15) is 16.7 Å². The van der Waals surface area contributed by atoms with Gasteiger partial charge in [0.15, 0.2) is 5.16 Å². The number of aryl methyl sites for hydroxylation is 3. The number of thioether (sulfide) groups is 1. The van der Waals surface area contributed by atoms with Gasteiger partial charge in [-0.05, 0) is 50.1 Å². The van der Waals surface area contributed by atoms with Gasteiger partial charge in [-0.1, -0.05) is 47.1 Å². The van der Waals surface area contributed by atoms with Crippen molar-refractivity contribution in [1.82, 2.24) is 14.9 Å². The average Bonchev–Trinajstić information content (AvgIpc) is 2.75. The summed E-state index contributed by atoms with van der Waals surface area (Å²) in [6.45, 7) is 9.63. The highest BCUT2D eigenvalue weighted by Gasteiger charge is 2.14. The van der Waals surface area contributed by atoms with Crippen molar-refractivity contribution < 1.29 is 9.59 Å². The van der Waals surface area contributed by atoms with Crippen molar-refractivity contribution in [2.45, 2.75) is 32.5 Å². The number of aromatic nitrogens is 2. The third-order valence-corrected chi connectivity index (χ3v) is 6.13. The number of benzene rings is 2. The van der Waals surface area contributed by atoms with Crippen molar-refractivity contribution in [2.75, 3.05) is 17.6 Å². The van der Waals surface area contributed by atoms with Crippen molar-refractivity contribution in [1.29, 1.82) is 0 Å². The molecule has 0 unspecified atom stereocenters. The van der Waals surface area contributed by atoms with E-state index in [0.29, 0.717) is 21.1 Å². The predicted octanol–water partition coefficient (Wildman–Crippen LogP) is 4.01. The number of nitrogens with zero attached hydrogens (tertiary/aromatic N) is 2. The molecule has 0 aliphatic rings. The van der Waals surface area contributed by atoms with Crippen LogP contribution in [0, 0.1) is 20.8 Å². The molecular weight excluding hydrogens is 460 g/mol. The molecule has 0 saturated carbocycles. The molecule has 7 nitrogen and oxygen atoms in total. The Hall–Kier alpha value is -3.10. The average molecular weight is 485 g/mol. The zero-order valence-corrected chi connectivity index (χ0v) is 20.3. The van der Waals surface area contributed by atoms with Crippen LogP contribution in [0.15, 0.2) is 52.9 Å². The monoisotopic (exact) mass is 484 g/mol. The van der Waals surface area contributed by atoms with Crippen molar-refractivity contribution >= 4 is 51.8 Å². The van der Waals surface area contributed by atoms with E-state index in [1.54, 1.807) is 24.3 Å². The highest BCUT2D eigenvalue weighted by atomic mass is 35.5. The smallest absolute Gasteiger partial charge is 0.262 e. The number of carbonyl (C=O) groups excluding carboxylic acids is 2. The minimum Gasteiger partial charge on any atom is -0.346 e. The molecule has 9 heteroatoms. The van der Waals surface area contributed by atoms with E-state index in [1.165, 1.54) is 4.57 Å². The second-order valence-electron chi connectivity index (χ2n) is 7.65. The lowest BCUT2D eigenvalue weighted by Crippen LogP contribution is -2.34. The number of anilines is 1. The molecule has 0 saturated heterocycles. The number of allylic oxidation sites excluding steroid dienone is 1. The van der Waals surface area contributed by atoms with Crippen molar-refractivity contribution in [3.63, 3.8) is 0 Å². The van der Waals surface area contributed by atoms with Crippen LogP contribution < -0.4 is 16.2 Å². The largest absolute Gasteiger partial charge is 0.346 e. The molecule has 3 aromatic rings. The van der Waals surface area contributed by atoms with Crippen molar-refractivity contribution in [3.05, 3.63) is 75.1 Å². The van der Waals surface area contributed by atoms with E-state index < -0.39 is 0 Å². The normalized spacial score (nSPS) is 10.8. The van der Waals surface area contributed by atoms with E-state index in [4.69, 9.17) is 11.6 Å². The van der Waals surface area contributed by atoms with Gasteiger partial charge in [0.2, 0.25) is 11.8 Å². The molecule has 2 N–H and O–H groups in total. The number of hydrogen-bond acceptors (Lipinski definition) is 5. The summed E-state index contributed by atoms with van der Waals surface area (Å²) in [6.07, 6.45) is 1.59. The molecule has 33 heavy (non-hydrogen) atoms. The number of nitrogens with one attached hydrogen (secondary N) is 2. The van der Waals surface area contributed by atoms with Gasteiger partial charge in [-0.15, -0.1) is 6.58 Å². The maximum atomic E-state index is 12.8. The third kappa shape index (κ3) is 6.03. The van der Waals surface area contributed by atoms with Crippen molar-refractivity contribution in [2.24, 2.45) is 0 Å². The lowest BCUT2D eigenvalue weighted by atomic mass is 10.1. The number of fused-ring (bicyclic) bond motifs is 1. The van der Waals surface area contributed by atoms with Crippen LogP contribution in [0.25, 0.3) is 10.9 Å².